The molecule has 0 bridgehead atoms. The van der Waals surface area contributed by atoms with Gasteiger partial charge in [0.2, 0.25) is 5.88 Å². The molecule has 0 radical (unpaired) electrons. The summed E-state index contributed by atoms with van der Waals surface area (Å²) in [5.41, 5.74) is 4.87. The maximum absolute atomic E-state index is 12.4. The zero-order chi connectivity index (χ0) is 32.4. The second kappa shape index (κ2) is 13.0. The molecule has 8 heteroatoms. The fourth-order valence-electron chi connectivity index (χ4n) is 5.23. The molecule has 1 N–H and O–H groups in total. The lowest BCUT2D eigenvalue weighted by Crippen LogP contribution is -2.28. The molecule has 2 aromatic carbocycles. The fraction of sp³-hybridized carbons (Fsp3) is 0.324. The molecule has 234 valence electrons. The molecule has 0 amide bonds. The number of fused-ring (bicyclic) bond motifs is 1. The minimum Gasteiger partial charge on any atom is -0.484 e. The highest BCUT2D eigenvalue weighted by Crippen LogP contribution is 2.44. The highest BCUT2D eigenvalue weighted by molar-refractivity contribution is 8.00. The predicted octanol–water partition coefficient (Wildman–Crippen LogP) is 8.84. The summed E-state index contributed by atoms with van der Waals surface area (Å²) >= 11 is 1.77. The maximum atomic E-state index is 12.4. The summed E-state index contributed by atoms with van der Waals surface area (Å²) in [5.74, 6) is 0.491. The summed E-state index contributed by atoms with van der Waals surface area (Å²) in [7, 11) is 1.61. The molecule has 3 aromatic heterocycles. The first-order valence-electron chi connectivity index (χ1n) is 15.1. The van der Waals surface area contributed by atoms with E-state index in [2.05, 4.69) is 71.7 Å². The van der Waals surface area contributed by atoms with E-state index >= 15 is 0 Å². The van der Waals surface area contributed by atoms with E-state index in [0.29, 0.717) is 18.8 Å². The zero-order valence-corrected chi connectivity index (χ0v) is 27.8. The molecule has 0 aliphatic carbocycles. The van der Waals surface area contributed by atoms with Crippen LogP contribution in [0, 0.1) is 5.41 Å². The van der Waals surface area contributed by atoms with Gasteiger partial charge in [-0.2, -0.15) is 0 Å². The quantitative estimate of drug-likeness (QED) is 0.147. The van der Waals surface area contributed by atoms with Crippen LogP contribution in [0.3, 0.4) is 0 Å². The number of ether oxygens (including phenoxy) is 2. The van der Waals surface area contributed by atoms with Crippen molar-refractivity contribution >= 4 is 28.6 Å². The highest BCUT2D eigenvalue weighted by atomic mass is 32.2. The smallest absolute Gasteiger partial charge is 0.309 e. The van der Waals surface area contributed by atoms with Crippen LogP contribution in [0.15, 0.2) is 90.0 Å². The molecule has 0 unspecified atom stereocenters. The van der Waals surface area contributed by atoms with Gasteiger partial charge in [-0.15, -0.1) is 11.8 Å². The van der Waals surface area contributed by atoms with Crippen LogP contribution >= 0.6 is 11.8 Å². The minimum atomic E-state index is -0.964. The molecule has 0 aliphatic rings. The molecule has 0 saturated carbocycles. The monoisotopic (exact) mass is 623 g/mol. The fourth-order valence-corrected chi connectivity index (χ4v) is 6.42. The Balaban J connectivity index is 1.60. The average molecular weight is 624 g/mol. The first kappa shape index (κ1) is 32.1. The lowest BCUT2D eigenvalue weighted by Gasteiger charge is -2.24. The Kier molecular flexibility index (Phi) is 9.26. The van der Waals surface area contributed by atoms with Gasteiger partial charge in [-0.25, -0.2) is 4.98 Å². The van der Waals surface area contributed by atoms with Gasteiger partial charge in [0.05, 0.1) is 23.9 Å². The number of nitrogens with zero attached hydrogens (tertiary/aromatic N) is 3. The molecule has 5 aromatic rings. The number of pyridine rings is 2. The van der Waals surface area contributed by atoms with Crippen molar-refractivity contribution in [2.24, 2.45) is 5.41 Å². The third-order valence-electron chi connectivity index (χ3n) is 7.63. The van der Waals surface area contributed by atoms with Crippen molar-refractivity contribution in [2.75, 3.05) is 7.11 Å². The molecule has 0 saturated heterocycles. The number of aromatic nitrogens is 3. The van der Waals surface area contributed by atoms with Crippen molar-refractivity contribution in [1.29, 1.82) is 0 Å². The lowest BCUT2D eigenvalue weighted by molar-refractivity contribution is -0.146. The normalized spacial score (nSPS) is 12.7. The van der Waals surface area contributed by atoms with Crippen LogP contribution in [0.1, 0.15) is 64.6 Å². The Labute approximate surface area is 269 Å². The van der Waals surface area contributed by atoms with Gasteiger partial charge in [0.15, 0.2) is 0 Å². The molecule has 0 aliphatic heterocycles. The number of hydrogen-bond donors (Lipinski definition) is 1. The summed E-state index contributed by atoms with van der Waals surface area (Å²) in [6.45, 7) is 12.7. The largest absolute Gasteiger partial charge is 0.484 e. The Hall–Kier alpha value is -4.30. The number of methoxy groups -OCH3 is 1. The van der Waals surface area contributed by atoms with Gasteiger partial charge in [-0.1, -0.05) is 57.2 Å². The Morgan fingerprint density at radius 3 is 2.38 bits per heavy atom. The van der Waals surface area contributed by atoms with Crippen molar-refractivity contribution in [2.45, 2.75) is 70.3 Å². The van der Waals surface area contributed by atoms with Gasteiger partial charge < -0.3 is 19.1 Å². The van der Waals surface area contributed by atoms with Gasteiger partial charge in [-0.3, -0.25) is 9.78 Å². The van der Waals surface area contributed by atoms with Crippen LogP contribution in [-0.4, -0.2) is 37.5 Å². The van der Waals surface area contributed by atoms with E-state index in [1.54, 1.807) is 38.9 Å². The van der Waals surface area contributed by atoms with Crippen molar-refractivity contribution in [1.82, 2.24) is 14.5 Å². The van der Waals surface area contributed by atoms with Gasteiger partial charge >= 0.3 is 5.97 Å². The summed E-state index contributed by atoms with van der Waals surface area (Å²) in [4.78, 5) is 22.5. The predicted molar refractivity (Wildman–Crippen MR) is 181 cm³/mol. The number of carbonyl (C=O) groups is 1. The van der Waals surface area contributed by atoms with E-state index in [9.17, 15) is 9.90 Å². The number of aliphatic carboxylic acids is 1. The molecule has 45 heavy (non-hydrogen) atoms. The second-order valence-electron chi connectivity index (χ2n) is 12.9. The molecule has 3 heterocycles. The first-order valence-corrected chi connectivity index (χ1v) is 15.9. The molecule has 0 spiro atoms. The van der Waals surface area contributed by atoms with E-state index in [1.807, 2.05) is 49.4 Å². The van der Waals surface area contributed by atoms with Crippen molar-refractivity contribution < 1.29 is 19.4 Å². The molecular weight excluding hydrogens is 582 g/mol. The van der Waals surface area contributed by atoms with E-state index in [0.717, 1.165) is 49.8 Å². The molecule has 7 nitrogen and oxygen atoms in total. The number of benzene rings is 2. The second-order valence-corrected chi connectivity index (χ2v) is 14.7. The van der Waals surface area contributed by atoms with Crippen molar-refractivity contribution in [3.63, 3.8) is 0 Å². The maximum Gasteiger partial charge on any atom is 0.309 e. The average Bonchev–Trinajstić information content (AvgIpc) is 3.27. The number of thioether (sulfide) groups is 1. The SMILES string of the molecule is COc1cccc(-c2ccc(Cn3c(CC(C)(C)C(=O)O)c(SC(C)(C)C)c4cc(O[C@@H](C)c5ccccn5)ccc43)cc2)n1. The van der Waals surface area contributed by atoms with Crippen molar-refractivity contribution in [3.8, 4) is 22.9 Å². The minimum absolute atomic E-state index is 0.106. The first-order chi connectivity index (χ1) is 21.3. The Morgan fingerprint density at radius 1 is 0.978 bits per heavy atom. The van der Waals surface area contributed by atoms with Crippen LogP contribution in [0.25, 0.3) is 22.2 Å². The van der Waals surface area contributed by atoms with E-state index in [1.165, 1.54) is 0 Å². The summed E-state index contributed by atoms with van der Waals surface area (Å²) in [6.07, 6.45) is 1.92. The van der Waals surface area contributed by atoms with Gasteiger partial charge in [0.1, 0.15) is 11.9 Å². The standard InChI is InChI=1S/C37H41N3O4S/c1-24(29-11-8-9-20-38-29)44-27-18-19-31-28(21-27)34(45-36(2,3)4)32(22-37(5,6)35(41)42)40(31)23-25-14-16-26(17-15-25)30-12-10-13-33(39-30)43-7/h8-21,24H,22-23H2,1-7H3,(H,41,42)/t24-/m0/s1. The molecule has 0 fully saturated rings. The van der Waals surface area contributed by atoms with Crippen molar-refractivity contribution in [3.05, 3.63) is 102 Å². The topological polar surface area (TPSA) is 86.5 Å². The van der Waals surface area contributed by atoms with E-state index < -0.39 is 11.4 Å². The van der Waals surface area contributed by atoms with Crippen LogP contribution in [0.2, 0.25) is 0 Å². The van der Waals surface area contributed by atoms with Crippen LogP contribution in [0.5, 0.6) is 11.6 Å². The summed E-state index contributed by atoms with van der Waals surface area (Å²) in [5, 5.41) is 11.2. The Bertz CT molecular complexity index is 1790. The molecular formula is C37H41N3O4S. The van der Waals surface area contributed by atoms with Gasteiger partial charge in [0, 0.05) is 57.0 Å². The van der Waals surface area contributed by atoms with Gasteiger partial charge in [0.25, 0.3) is 0 Å². The van der Waals surface area contributed by atoms with Crippen LogP contribution in [-0.2, 0) is 17.8 Å². The number of carboxylic acids is 1. The number of carboxylic acid groups (broad SMARTS) is 1. The van der Waals surface area contributed by atoms with E-state index in [-0.39, 0.29) is 10.9 Å². The molecule has 1 atom stereocenters. The van der Waals surface area contributed by atoms with E-state index in [4.69, 9.17) is 9.47 Å². The number of hydrogen-bond acceptors (Lipinski definition) is 6. The van der Waals surface area contributed by atoms with Gasteiger partial charge in [-0.05, 0) is 62.7 Å². The van der Waals surface area contributed by atoms with Crippen LogP contribution < -0.4 is 9.47 Å². The molecule has 5 rings (SSSR count). The summed E-state index contributed by atoms with van der Waals surface area (Å²) in [6, 6.07) is 26.1. The zero-order valence-electron chi connectivity index (χ0n) is 27.0. The Morgan fingerprint density at radius 2 is 1.73 bits per heavy atom. The third-order valence-corrected chi connectivity index (χ3v) is 8.90. The lowest BCUT2D eigenvalue weighted by atomic mass is 9.88. The number of rotatable bonds is 11. The summed E-state index contributed by atoms with van der Waals surface area (Å²) < 4.78 is 13.9. The third kappa shape index (κ3) is 7.51. The highest BCUT2D eigenvalue weighted by Gasteiger charge is 2.33. The van der Waals surface area contributed by atoms with Crippen LogP contribution in [0.4, 0.5) is 0 Å².